The Hall–Kier alpha value is -1.61. The number of hydrogen-bond donors (Lipinski definition) is 1. The molecule has 3 heteroatoms. The van der Waals surface area contributed by atoms with Crippen molar-refractivity contribution < 1.29 is 4.79 Å². The van der Waals surface area contributed by atoms with Crippen molar-refractivity contribution in [2.75, 3.05) is 0 Å². The molecule has 0 saturated heterocycles. The van der Waals surface area contributed by atoms with E-state index in [4.69, 9.17) is 0 Å². The number of carbonyl (C=O) groups excluding carboxylic acids is 1. The average molecular weight is 332 g/mol. The van der Waals surface area contributed by atoms with Crippen LogP contribution in [0, 0.1) is 13.8 Å². The van der Waals surface area contributed by atoms with Gasteiger partial charge in [0, 0.05) is 10.0 Å². The van der Waals surface area contributed by atoms with Crippen molar-refractivity contribution in [3.8, 4) is 0 Å². The van der Waals surface area contributed by atoms with E-state index in [1.54, 1.807) is 0 Å². The molecule has 2 aromatic carbocycles. The SMILES string of the molecule is Cc1cc(C)cc(C(=O)N[C@H](C)c2ccc(Br)cc2)c1. The van der Waals surface area contributed by atoms with Crippen LogP contribution in [0.4, 0.5) is 0 Å². The van der Waals surface area contributed by atoms with Crippen LogP contribution >= 0.6 is 15.9 Å². The van der Waals surface area contributed by atoms with Crippen molar-refractivity contribution in [3.05, 3.63) is 69.2 Å². The predicted molar refractivity (Wildman–Crippen MR) is 85.9 cm³/mol. The van der Waals surface area contributed by atoms with Crippen LogP contribution in [0.1, 0.15) is 40.0 Å². The van der Waals surface area contributed by atoms with E-state index in [1.165, 1.54) is 0 Å². The molecule has 0 spiro atoms. The van der Waals surface area contributed by atoms with Gasteiger partial charge < -0.3 is 5.32 Å². The fourth-order valence-corrected chi connectivity index (χ4v) is 2.48. The second-order valence-corrected chi connectivity index (χ2v) is 6.04. The Balaban J connectivity index is 2.12. The van der Waals surface area contributed by atoms with Gasteiger partial charge in [0.2, 0.25) is 0 Å². The minimum Gasteiger partial charge on any atom is -0.346 e. The zero-order valence-corrected chi connectivity index (χ0v) is 13.5. The van der Waals surface area contributed by atoms with Crippen LogP contribution < -0.4 is 5.32 Å². The summed E-state index contributed by atoms with van der Waals surface area (Å²) < 4.78 is 1.04. The van der Waals surface area contributed by atoms with Gasteiger partial charge in [0.05, 0.1) is 6.04 Å². The maximum Gasteiger partial charge on any atom is 0.251 e. The highest BCUT2D eigenvalue weighted by molar-refractivity contribution is 9.10. The first-order valence-corrected chi connectivity index (χ1v) is 7.39. The summed E-state index contributed by atoms with van der Waals surface area (Å²) in [5.74, 6) is -0.0350. The molecule has 2 rings (SSSR count). The molecule has 20 heavy (non-hydrogen) atoms. The van der Waals surface area contributed by atoms with Gasteiger partial charge in [0.25, 0.3) is 5.91 Å². The summed E-state index contributed by atoms with van der Waals surface area (Å²) in [7, 11) is 0. The van der Waals surface area contributed by atoms with E-state index in [-0.39, 0.29) is 11.9 Å². The van der Waals surface area contributed by atoms with Gasteiger partial charge in [-0.15, -0.1) is 0 Å². The summed E-state index contributed by atoms with van der Waals surface area (Å²) in [5.41, 5.74) is 4.01. The Bertz CT molecular complexity index is 599. The van der Waals surface area contributed by atoms with Crippen LogP contribution in [0.25, 0.3) is 0 Å². The quantitative estimate of drug-likeness (QED) is 0.877. The first-order valence-electron chi connectivity index (χ1n) is 6.60. The molecule has 0 aliphatic rings. The van der Waals surface area contributed by atoms with Gasteiger partial charge in [-0.1, -0.05) is 45.3 Å². The fraction of sp³-hybridized carbons (Fsp3) is 0.235. The van der Waals surface area contributed by atoms with E-state index in [1.807, 2.05) is 57.2 Å². The minimum atomic E-state index is -0.0350. The second kappa shape index (κ2) is 6.23. The standard InChI is InChI=1S/C17H18BrNO/c1-11-8-12(2)10-15(9-11)17(20)19-13(3)14-4-6-16(18)7-5-14/h4-10,13H,1-3H3,(H,19,20)/t13-/m1/s1. The van der Waals surface area contributed by atoms with E-state index in [9.17, 15) is 4.79 Å². The first-order chi connectivity index (χ1) is 9.45. The highest BCUT2D eigenvalue weighted by atomic mass is 79.9. The molecule has 0 radical (unpaired) electrons. The van der Waals surface area contributed by atoms with Gasteiger partial charge in [0.1, 0.15) is 0 Å². The number of halogens is 1. The molecule has 0 bridgehead atoms. The summed E-state index contributed by atoms with van der Waals surface area (Å²) in [6, 6.07) is 13.9. The Kier molecular flexibility index (Phi) is 4.61. The molecule has 0 heterocycles. The summed E-state index contributed by atoms with van der Waals surface area (Å²) in [6.45, 7) is 5.99. The Labute approximate surface area is 128 Å². The molecule has 104 valence electrons. The lowest BCUT2D eigenvalue weighted by Gasteiger charge is -2.15. The molecular weight excluding hydrogens is 314 g/mol. The molecule has 0 aliphatic heterocycles. The molecule has 2 aromatic rings. The smallest absolute Gasteiger partial charge is 0.251 e. The van der Waals surface area contributed by atoms with Crippen LogP contribution in [0.15, 0.2) is 46.9 Å². The summed E-state index contributed by atoms with van der Waals surface area (Å²) >= 11 is 3.41. The van der Waals surface area contributed by atoms with Crippen molar-refractivity contribution in [3.63, 3.8) is 0 Å². The predicted octanol–water partition coefficient (Wildman–Crippen LogP) is 4.56. The maximum absolute atomic E-state index is 12.3. The first kappa shape index (κ1) is 14.8. The van der Waals surface area contributed by atoms with E-state index in [2.05, 4.69) is 27.3 Å². The summed E-state index contributed by atoms with van der Waals surface area (Å²) in [6.07, 6.45) is 0. The zero-order valence-electron chi connectivity index (χ0n) is 11.9. The third kappa shape index (κ3) is 3.70. The van der Waals surface area contributed by atoms with Gasteiger partial charge in [-0.25, -0.2) is 0 Å². The largest absolute Gasteiger partial charge is 0.346 e. The highest BCUT2D eigenvalue weighted by Gasteiger charge is 2.12. The topological polar surface area (TPSA) is 29.1 Å². The van der Waals surface area contributed by atoms with Crippen molar-refractivity contribution in [2.45, 2.75) is 26.8 Å². The van der Waals surface area contributed by atoms with Crippen LogP contribution in [-0.4, -0.2) is 5.91 Å². The number of nitrogens with one attached hydrogen (secondary N) is 1. The van der Waals surface area contributed by atoms with Gasteiger partial charge in [-0.05, 0) is 50.6 Å². The summed E-state index contributed by atoms with van der Waals surface area (Å²) in [4.78, 5) is 12.3. The Morgan fingerprint density at radius 3 is 2.15 bits per heavy atom. The lowest BCUT2D eigenvalue weighted by atomic mass is 10.1. The molecule has 0 fully saturated rings. The van der Waals surface area contributed by atoms with E-state index < -0.39 is 0 Å². The number of aryl methyl sites for hydroxylation is 2. The van der Waals surface area contributed by atoms with Gasteiger partial charge in [-0.2, -0.15) is 0 Å². The number of benzene rings is 2. The van der Waals surface area contributed by atoms with E-state index in [0.29, 0.717) is 5.56 Å². The molecular formula is C17H18BrNO. The third-order valence-electron chi connectivity index (χ3n) is 3.20. The van der Waals surface area contributed by atoms with Crippen molar-refractivity contribution in [1.29, 1.82) is 0 Å². The van der Waals surface area contributed by atoms with E-state index in [0.717, 1.165) is 21.2 Å². The molecule has 0 aliphatic carbocycles. The molecule has 0 unspecified atom stereocenters. The van der Waals surface area contributed by atoms with Crippen molar-refractivity contribution >= 4 is 21.8 Å². The monoisotopic (exact) mass is 331 g/mol. The lowest BCUT2D eigenvalue weighted by Crippen LogP contribution is -2.26. The van der Waals surface area contributed by atoms with Crippen LogP contribution in [-0.2, 0) is 0 Å². The molecule has 0 aromatic heterocycles. The van der Waals surface area contributed by atoms with Crippen molar-refractivity contribution in [2.24, 2.45) is 0 Å². The van der Waals surface area contributed by atoms with Crippen LogP contribution in [0.3, 0.4) is 0 Å². The Morgan fingerprint density at radius 2 is 1.60 bits per heavy atom. The molecule has 2 nitrogen and oxygen atoms in total. The number of carbonyl (C=O) groups is 1. The highest BCUT2D eigenvalue weighted by Crippen LogP contribution is 2.17. The molecule has 1 amide bonds. The second-order valence-electron chi connectivity index (χ2n) is 5.12. The number of rotatable bonds is 3. The summed E-state index contributed by atoms with van der Waals surface area (Å²) in [5, 5.41) is 3.03. The van der Waals surface area contributed by atoms with Gasteiger partial charge >= 0.3 is 0 Å². The zero-order chi connectivity index (χ0) is 14.7. The number of hydrogen-bond acceptors (Lipinski definition) is 1. The average Bonchev–Trinajstić information content (AvgIpc) is 2.38. The van der Waals surface area contributed by atoms with Crippen LogP contribution in [0.5, 0.6) is 0 Å². The lowest BCUT2D eigenvalue weighted by molar-refractivity contribution is 0.0939. The van der Waals surface area contributed by atoms with Crippen LogP contribution in [0.2, 0.25) is 0 Å². The maximum atomic E-state index is 12.3. The van der Waals surface area contributed by atoms with Crippen molar-refractivity contribution in [1.82, 2.24) is 5.32 Å². The van der Waals surface area contributed by atoms with Gasteiger partial charge in [0.15, 0.2) is 0 Å². The normalized spacial score (nSPS) is 12.0. The van der Waals surface area contributed by atoms with E-state index >= 15 is 0 Å². The molecule has 1 N–H and O–H groups in total. The Morgan fingerprint density at radius 1 is 1.05 bits per heavy atom. The van der Waals surface area contributed by atoms with Gasteiger partial charge in [-0.3, -0.25) is 4.79 Å². The third-order valence-corrected chi connectivity index (χ3v) is 3.73. The molecule has 0 saturated carbocycles. The molecule has 1 atom stereocenters. The minimum absolute atomic E-state index is 0.0172. The fourth-order valence-electron chi connectivity index (χ4n) is 2.22. The number of amides is 1.